The number of nitrogens with two attached hydrogens (primary N) is 1. The van der Waals surface area contributed by atoms with E-state index in [2.05, 4.69) is 5.32 Å². The second-order valence-electron chi connectivity index (χ2n) is 3.59. The first-order valence-corrected chi connectivity index (χ1v) is 6.38. The molecule has 0 saturated heterocycles. The number of carbonyl (C=O) groups is 2. The van der Waals surface area contributed by atoms with Gasteiger partial charge in [0.25, 0.3) is 3.79 Å². The number of carboxylic acid groups (broad SMARTS) is 1. The molecule has 0 aromatic carbocycles. The minimum absolute atomic E-state index is 0.411. The van der Waals surface area contributed by atoms with Crippen LogP contribution in [0, 0.1) is 0 Å². The molecule has 0 heterocycles. The first kappa shape index (κ1) is 17.5. The summed E-state index contributed by atoms with van der Waals surface area (Å²) in [5.74, 6) is -1.64. The molecular weight excluding hydrogens is 302 g/mol. The molecule has 0 aliphatic heterocycles. The van der Waals surface area contributed by atoms with E-state index in [1.807, 2.05) is 0 Å². The van der Waals surface area contributed by atoms with E-state index in [0.717, 1.165) is 12.5 Å². The van der Waals surface area contributed by atoms with Gasteiger partial charge < -0.3 is 16.2 Å². The fourth-order valence-corrected chi connectivity index (χ4v) is 1.22. The van der Waals surface area contributed by atoms with Gasteiger partial charge in [-0.2, -0.15) is 0 Å². The summed E-state index contributed by atoms with van der Waals surface area (Å²) in [4.78, 5) is 21.5. The molecule has 0 aliphatic carbocycles. The Morgan fingerprint density at radius 3 is 2.44 bits per heavy atom. The van der Waals surface area contributed by atoms with Crippen molar-refractivity contribution in [2.45, 2.75) is 29.1 Å². The lowest BCUT2D eigenvalue weighted by molar-refractivity contribution is -0.138. The summed E-state index contributed by atoms with van der Waals surface area (Å²) in [6.45, 7) is 0.579. The van der Waals surface area contributed by atoms with Crippen molar-refractivity contribution < 1.29 is 14.7 Å². The maximum absolute atomic E-state index is 11.1. The third-order valence-electron chi connectivity index (χ3n) is 2.04. The molecule has 0 fully saturated rings. The van der Waals surface area contributed by atoms with Crippen molar-refractivity contribution in [3.05, 3.63) is 12.3 Å². The predicted molar refractivity (Wildman–Crippen MR) is 71.9 cm³/mol. The Labute approximate surface area is 120 Å². The number of halogens is 3. The van der Waals surface area contributed by atoms with Crippen LogP contribution >= 0.6 is 34.8 Å². The van der Waals surface area contributed by atoms with Gasteiger partial charge in [0, 0.05) is 18.8 Å². The van der Waals surface area contributed by atoms with Gasteiger partial charge >= 0.3 is 5.97 Å². The molecule has 104 valence electrons. The normalized spacial score (nSPS) is 13.6. The van der Waals surface area contributed by atoms with E-state index < -0.39 is 21.6 Å². The van der Waals surface area contributed by atoms with Crippen LogP contribution in [0.2, 0.25) is 0 Å². The van der Waals surface area contributed by atoms with Crippen LogP contribution in [-0.4, -0.2) is 33.2 Å². The van der Waals surface area contributed by atoms with E-state index in [1.54, 1.807) is 0 Å². The first-order valence-electron chi connectivity index (χ1n) is 5.24. The molecule has 0 amide bonds. The number of nitrogens with one attached hydrogen (secondary N) is 1. The Hall–Kier alpha value is -0.490. The van der Waals surface area contributed by atoms with Gasteiger partial charge in [-0.15, -0.1) is 0 Å². The first-order chi connectivity index (χ1) is 8.25. The second-order valence-corrected chi connectivity index (χ2v) is 5.87. The summed E-state index contributed by atoms with van der Waals surface area (Å²) in [5, 5.41) is 11.4. The van der Waals surface area contributed by atoms with Crippen LogP contribution in [0.15, 0.2) is 12.3 Å². The Morgan fingerprint density at radius 1 is 1.33 bits per heavy atom. The number of rotatable bonds is 8. The number of hydrogen-bond acceptors (Lipinski definition) is 4. The zero-order chi connectivity index (χ0) is 14.2. The maximum Gasteiger partial charge on any atom is 0.320 e. The molecule has 1 atom stereocenters. The fourth-order valence-electron chi connectivity index (χ4n) is 1.03. The van der Waals surface area contributed by atoms with Gasteiger partial charge in [-0.25, -0.2) is 0 Å². The van der Waals surface area contributed by atoms with Crippen LogP contribution in [0.3, 0.4) is 0 Å². The lowest BCUT2D eigenvalue weighted by Crippen LogP contribution is -2.29. The Bertz CT molecular complexity index is 316. The van der Waals surface area contributed by atoms with Gasteiger partial charge in [0.15, 0.2) is 0 Å². The van der Waals surface area contributed by atoms with Gasteiger partial charge in [-0.1, -0.05) is 34.8 Å². The van der Waals surface area contributed by atoms with Crippen LogP contribution in [-0.2, 0) is 9.59 Å². The van der Waals surface area contributed by atoms with Crippen LogP contribution < -0.4 is 11.1 Å². The summed E-state index contributed by atoms with van der Waals surface area (Å²) in [6.07, 6.45) is 4.34. The van der Waals surface area contributed by atoms with E-state index in [9.17, 15) is 9.59 Å². The molecule has 18 heavy (non-hydrogen) atoms. The van der Waals surface area contributed by atoms with E-state index in [4.69, 9.17) is 45.6 Å². The lowest BCUT2D eigenvalue weighted by atomic mass is 10.1. The van der Waals surface area contributed by atoms with Crippen molar-refractivity contribution in [3.8, 4) is 0 Å². The number of unbranched alkanes of at least 4 members (excludes halogenated alkanes) is 1. The van der Waals surface area contributed by atoms with Crippen LogP contribution in [0.5, 0.6) is 0 Å². The predicted octanol–water partition coefficient (Wildman–Crippen LogP) is 1.61. The zero-order valence-electron chi connectivity index (χ0n) is 9.54. The van der Waals surface area contributed by atoms with Crippen molar-refractivity contribution in [1.82, 2.24) is 5.32 Å². The minimum atomic E-state index is -1.94. The number of hydrogen-bond donors (Lipinski definition) is 3. The van der Waals surface area contributed by atoms with Crippen molar-refractivity contribution in [1.29, 1.82) is 0 Å². The minimum Gasteiger partial charge on any atom is -0.480 e. The summed E-state index contributed by atoms with van der Waals surface area (Å²) >= 11 is 16.0. The Kier molecular flexibility index (Phi) is 8.35. The van der Waals surface area contributed by atoms with Crippen LogP contribution in [0.1, 0.15) is 19.3 Å². The molecule has 0 aromatic heterocycles. The summed E-state index contributed by atoms with van der Waals surface area (Å²) in [7, 11) is 0. The molecule has 0 saturated carbocycles. The van der Waals surface area contributed by atoms with E-state index in [0.29, 0.717) is 19.4 Å². The molecule has 0 aromatic rings. The van der Waals surface area contributed by atoms with Gasteiger partial charge in [0.05, 0.1) is 0 Å². The van der Waals surface area contributed by atoms with Crippen molar-refractivity contribution in [3.63, 3.8) is 0 Å². The van der Waals surface area contributed by atoms with E-state index in [-0.39, 0.29) is 0 Å². The second kappa shape index (κ2) is 8.58. The molecule has 5 nitrogen and oxygen atoms in total. The molecule has 0 rings (SSSR count). The number of carboxylic acids is 1. The number of allylic oxidation sites excluding steroid dienone is 1. The van der Waals surface area contributed by atoms with Crippen LogP contribution in [0.4, 0.5) is 0 Å². The lowest BCUT2D eigenvalue weighted by Gasteiger charge is -2.06. The number of ketones is 1. The molecule has 0 radical (unpaired) electrons. The van der Waals surface area contributed by atoms with Gasteiger partial charge in [-0.05, 0) is 19.3 Å². The smallest absolute Gasteiger partial charge is 0.320 e. The zero-order valence-corrected chi connectivity index (χ0v) is 11.8. The number of carbonyl (C=O) groups excluding carboxylic acids is 1. The van der Waals surface area contributed by atoms with E-state index >= 15 is 0 Å². The highest BCUT2D eigenvalue weighted by Gasteiger charge is 2.27. The summed E-state index contributed by atoms with van der Waals surface area (Å²) in [5.41, 5.74) is 5.32. The highest BCUT2D eigenvalue weighted by Crippen LogP contribution is 2.27. The highest BCUT2D eigenvalue weighted by atomic mass is 35.6. The van der Waals surface area contributed by atoms with E-state index in [1.165, 1.54) is 6.20 Å². The monoisotopic (exact) mass is 316 g/mol. The summed E-state index contributed by atoms with van der Waals surface area (Å²) < 4.78 is -1.94. The largest absolute Gasteiger partial charge is 0.480 e. The van der Waals surface area contributed by atoms with Gasteiger partial charge in [0.2, 0.25) is 5.78 Å². The SMILES string of the molecule is NC(CCCCN/C=C\C(=O)C(Cl)(Cl)Cl)C(=O)O. The quantitative estimate of drug-likeness (QED) is 0.359. The molecule has 1 unspecified atom stereocenters. The standard InChI is InChI=1S/C10H15Cl3N2O3/c11-10(12,13)8(16)4-6-15-5-2-1-3-7(14)9(17)18/h4,6-7,15H,1-3,5,14H2,(H,17,18)/b6-4-. The van der Waals surface area contributed by atoms with Gasteiger partial charge in [0.1, 0.15) is 6.04 Å². The highest BCUT2D eigenvalue weighted by molar-refractivity contribution is 6.77. The molecule has 0 aliphatic rings. The average molecular weight is 318 g/mol. The number of alkyl halides is 3. The average Bonchev–Trinajstić information content (AvgIpc) is 2.25. The third kappa shape index (κ3) is 8.58. The van der Waals surface area contributed by atoms with Crippen LogP contribution in [0.25, 0.3) is 0 Å². The third-order valence-corrected chi connectivity index (χ3v) is 2.59. The van der Waals surface area contributed by atoms with Crippen molar-refractivity contribution in [2.24, 2.45) is 5.73 Å². The Balaban J connectivity index is 3.61. The number of aliphatic carboxylic acids is 1. The Morgan fingerprint density at radius 2 is 1.94 bits per heavy atom. The fraction of sp³-hybridized carbons (Fsp3) is 0.600. The maximum atomic E-state index is 11.1. The molecular formula is C10H15Cl3N2O3. The molecule has 8 heteroatoms. The van der Waals surface area contributed by atoms with Crippen molar-refractivity contribution >= 4 is 46.6 Å². The topological polar surface area (TPSA) is 92.4 Å². The molecule has 0 bridgehead atoms. The van der Waals surface area contributed by atoms with Crippen molar-refractivity contribution in [2.75, 3.05) is 6.54 Å². The molecule has 4 N–H and O–H groups in total. The van der Waals surface area contributed by atoms with Gasteiger partial charge in [-0.3, -0.25) is 9.59 Å². The summed E-state index contributed by atoms with van der Waals surface area (Å²) in [6, 6.07) is -0.827. The molecule has 0 spiro atoms.